The van der Waals surface area contributed by atoms with Gasteiger partial charge in [0.15, 0.2) is 5.71 Å². The summed E-state index contributed by atoms with van der Waals surface area (Å²) < 4.78 is 0. The van der Waals surface area contributed by atoms with Crippen molar-refractivity contribution in [3.05, 3.63) is 29.3 Å². The lowest BCUT2D eigenvalue weighted by molar-refractivity contribution is 0.320. The van der Waals surface area contributed by atoms with Crippen LogP contribution in [0.2, 0.25) is 0 Å². The van der Waals surface area contributed by atoms with E-state index in [2.05, 4.69) is 12.1 Å². The molecule has 0 saturated carbocycles. The highest BCUT2D eigenvalue weighted by Gasteiger charge is 2.06. The molecule has 0 bridgehead atoms. The zero-order valence-electron chi connectivity index (χ0n) is 8.69. The van der Waals surface area contributed by atoms with Crippen LogP contribution in [-0.4, -0.2) is 16.7 Å². The van der Waals surface area contributed by atoms with E-state index in [-0.39, 0.29) is 5.71 Å². The van der Waals surface area contributed by atoms with Crippen molar-refractivity contribution >= 4 is 17.5 Å². The van der Waals surface area contributed by atoms with E-state index in [1.165, 1.54) is 5.56 Å². The Kier molecular flexibility index (Phi) is 4.19. The van der Waals surface area contributed by atoms with Crippen LogP contribution in [-0.2, 0) is 0 Å². The number of hydrogen-bond donors (Lipinski definition) is 1. The minimum atomic E-state index is 0.0490. The van der Waals surface area contributed by atoms with Gasteiger partial charge in [0, 0.05) is 10.5 Å². The van der Waals surface area contributed by atoms with E-state index < -0.39 is 0 Å². The van der Waals surface area contributed by atoms with Crippen LogP contribution in [0, 0.1) is 18.3 Å². The Labute approximate surface area is 93.4 Å². The molecule has 0 spiro atoms. The number of rotatable bonds is 3. The molecule has 0 heterocycles. The molecule has 15 heavy (non-hydrogen) atoms. The molecule has 0 fully saturated rings. The van der Waals surface area contributed by atoms with Crippen LogP contribution >= 0.6 is 11.8 Å². The minimum Gasteiger partial charge on any atom is -0.410 e. The Morgan fingerprint density at radius 2 is 2.33 bits per heavy atom. The van der Waals surface area contributed by atoms with E-state index in [4.69, 9.17) is 10.5 Å². The molecule has 0 aromatic heterocycles. The predicted molar refractivity (Wildman–Crippen MR) is 61.5 cm³/mol. The van der Waals surface area contributed by atoms with Crippen molar-refractivity contribution in [1.29, 1.82) is 5.26 Å². The Hall–Kier alpha value is -1.47. The zero-order valence-corrected chi connectivity index (χ0v) is 9.51. The summed E-state index contributed by atoms with van der Waals surface area (Å²) in [5, 5.41) is 20.3. The number of thioether (sulfide) groups is 1. The summed E-state index contributed by atoms with van der Waals surface area (Å²) in [7, 11) is 0. The number of nitrogens with zero attached hydrogens (tertiary/aromatic N) is 2. The molecule has 4 heteroatoms. The molecule has 1 aromatic rings. The lowest BCUT2D eigenvalue weighted by atomic mass is 10.1. The van der Waals surface area contributed by atoms with E-state index in [1.54, 1.807) is 17.8 Å². The second kappa shape index (κ2) is 5.42. The zero-order chi connectivity index (χ0) is 11.3. The quantitative estimate of drug-likeness (QED) is 0.369. The van der Waals surface area contributed by atoms with Gasteiger partial charge < -0.3 is 5.21 Å². The number of benzene rings is 1. The highest BCUT2D eigenvalue weighted by atomic mass is 32.2. The van der Waals surface area contributed by atoms with Gasteiger partial charge in [0.1, 0.15) is 6.07 Å². The first kappa shape index (κ1) is 11.6. The van der Waals surface area contributed by atoms with Gasteiger partial charge >= 0.3 is 0 Å². The maximum Gasteiger partial charge on any atom is 0.186 e. The molecule has 1 aromatic carbocycles. The number of aryl methyl sites for hydroxylation is 1. The van der Waals surface area contributed by atoms with E-state index in [1.807, 2.05) is 25.1 Å². The average Bonchev–Trinajstić information content (AvgIpc) is 2.25. The van der Waals surface area contributed by atoms with Crippen molar-refractivity contribution in [2.75, 3.05) is 5.75 Å². The van der Waals surface area contributed by atoms with Gasteiger partial charge in [-0.3, -0.25) is 0 Å². The summed E-state index contributed by atoms with van der Waals surface area (Å²) in [5.41, 5.74) is 1.87. The summed E-state index contributed by atoms with van der Waals surface area (Å²) in [6.07, 6.45) is 0. The highest BCUT2D eigenvalue weighted by molar-refractivity contribution is 7.99. The maximum atomic E-state index is 8.72. The van der Waals surface area contributed by atoms with Crippen LogP contribution < -0.4 is 0 Å². The molecule has 0 atom stereocenters. The van der Waals surface area contributed by atoms with Crippen molar-refractivity contribution < 1.29 is 5.21 Å². The molecule has 0 aliphatic rings. The van der Waals surface area contributed by atoms with Gasteiger partial charge in [0.2, 0.25) is 0 Å². The SMILES string of the molecule is CCSc1cc(/C(C#N)=N/O)ccc1C. The number of nitriles is 1. The standard InChI is InChI=1S/C11H12N2OS/c1-3-15-11-6-9(5-4-8(11)2)10(7-12)13-14/h4-6,14H,3H2,1-2H3/b13-10+. The topological polar surface area (TPSA) is 56.4 Å². The van der Waals surface area contributed by atoms with Crippen LogP contribution in [0.5, 0.6) is 0 Å². The van der Waals surface area contributed by atoms with Crippen molar-refractivity contribution in [3.8, 4) is 6.07 Å². The average molecular weight is 220 g/mol. The Bertz CT molecular complexity index is 421. The van der Waals surface area contributed by atoms with Gasteiger partial charge in [-0.2, -0.15) is 5.26 Å². The van der Waals surface area contributed by atoms with Crippen LogP contribution in [0.15, 0.2) is 28.3 Å². The first-order valence-corrected chi connectivity index (χ1v) is 5.57. The van der Waals surface area contributed by atoms with Crippen molar-refractivity contribution in [3.63, 3.8) is 0 Å². The minimum absolute atomic E-state index is 0.0490. The first-order valence-electron chi connectivity index (χ1n) is 4.59. The fraction of sp³-hybridized carbons (Fsp3) is 0.273. The Balaban J connectivity index is 3.13. The third kappa shape index (κ3) is 2.74. The Morgan fingerprint density at radius 1 is 1.60 bits per heavy atom. The molecule has 78 valence electrons. The van der Waals surface area contributed by atoms with Crippen molar-refractivity contribution in [2.45, 2.75) is 18.7 Å². The fourth-order valence-corrected chi connectivity index (χ4v) is 2.02. The van der Waals surface area contributed by atoms with Crippen LogP contribution in [0.25, 0.3) is 0 Å². The van der Waals surface area contributed by atoms with E-state index in [0.29, 0.717) is 5.56 Å². The third-order valence-electron chi connectivity index (χ3n) is 1.97. The molecule has 0 saturated heterocycles. The van der Waals surface area contributed by atoms with Crippen LogP contribution in [0.4, 0.5) is 0 Å². The molecular weight excluding hydrogens is 208 g/mol. The molecule has 0 aliphatic heterocycles. The second-order valence-electron chi connectivity index (χ2n) is 2.97. The molecule has 0 amide bonds. The molecule has 0 unspecified atom stereocenters. The van der Waals surface area contributed by atoms with Gasteiger partial charge in [-0.15, -0.1) is 11.8 Å². The summed E-state index contributed by atoms with van der Waals surface area (Å²) in [6.45, 7) is 4.09. The van der Waals surface area contributed by atoms with E-state index >= 15 is 0 Å². The van der Waals surface area contributed by atoms with Gasteiger partial charge in [-0.05, 0) is 24.3 Å². The fourth-order valence-electron chi connectivity index (χ4n) is 1.20. The van der Waals surface area contributed by atoms with E-state index in [9.17, 15) is 0 Å². The molecule has 0 radical (unpaired) electrons. The predicted octanol–water partition coefficient (Wildman–Crippen LogP) is 2.81. The molecule has 1 N–H and O–H groups in total. The lowest BCUT2D eigenvalue weighted by Gasteiger charge is -2.05. The Morgan fingerprint density at radius 3 is 2.87 bits per heavy atom. The molecule has 0 aliphatic carbocycles. The van der Waals surface area contributed by atoms with Gasteiger partial charge in [-0.25, -0.2) is 0 Å². The monoisotopic (exact) mass is 220 g/mol. The summed E-state index contributed by atoms with van der Waals surface area (Å²) in [6, 6.07) is 7.44. The number of oxime groups is 1. The van der Waals surface area contributed by atoms with Crippen LogP contribution in [0.3, 0.4) is 0 Å². The molecule has 3 nitrogen and oxygen atoms in total. The summed E-state index contributed by atoms with van der Waals surface area (Å²) in [5.74, 6) is 0.975. The largest absolute Gasteiger partial charge is 0.410 e. The molecular formula is C11H12N2OS. The van der Waals surface area contributed by atoms with Gasteiger partial charge in [0.25, 0.3) is 0 Å². The normalized spacial score (nSPS) is 11.1. The van der Waals surface area contributed by atoms with Crippen molar-refractivity contribution in [1.82, 2.24) is 0 Å². The van der Waals surface area contributed by atoms with Crippen LogP contribution in [0.1, 0.15) is 18.1 Å². The highest BCUT2D eigenvalue weighted by Crippen LogP contribution is 2.23. The number of hydrogen-bond acceptors (Lipinski definition) is 4. The summed E-state index contributed by atoms with van der Waals surface area (Å²) in [4.78, 5) is 1.12. The van der Waals surface area contributed by atoms with Gasteiger partial charge in [0.05, 0.1) is 0 Å². The lowest BCUT2D eigenvalue weighted by Crippen LogP contribution is -1.97. The smallest absolute Gasteiger partial charge is 0.186 e. The third-order valence-corrected chi connectivity index (χ3v) is 3.01. The summed E-state index contributed by atoms with van der Waals surface area (Å²) >= 11 is 1.71. The van der Waals surface area contributed by atoms with Crippen molar-refractivity contribution in [2.24, 2.45) is 5.16 Å². The van der Waals surface area contributed by atoms with E-state index in [0.717, 1.165) is 10.6 Å². The first-order chi connectivity index (χ1) is 7.22. The maximum absolute atomic E-state index is 8.72. The second-order valence-corrected chi connectivity index (χ2v) is 4.28. The molecule has 1 rings (SSSR count). The van der Waals surface area contributed by atoms with Gasteiger partial charge in [-0.1, -0.05) is 24.2 Å².